The molecule has 0 aromatic rings. The molecule has 0 spiro atoms. The fraction of sp³-hybridized carbons (Fsp3) is 0.929. The summed E-state index contributed by atoms with van der Waals surface area (Å²) in [6.07, 6.45) is 8.05. The van der Waals surface area contributed by atoms with E-state index in [1.165, 1.54) is 32.1 Å². The summed E-state index contributed by atoms with van der Waals surface area (Å²) in [4.78, 5) is 13.4. The molecule has 0 aromatic heterocycles. The number of carboxylic acids is 1. The van der Waals surface area contributed by atoms with E-state index in [0.717, 1.165) is 25.9 Å². The Kier molecular flexibility index (Phi) is 6.56. The molecule has 100 valence electrons. The summed E-state index contributed by atoms with van der Waals surface area (Å²) in [6, 6.07) is 0.677. The van der Waals surface area contributed by atoms with Crippen LogP contribution in [-0.4, -0.2) is 35.1 Å². The number of unbranched alkanes of at least 4 members (excludes halogenated alkanes) is 2. The Balaban J connectivity index is 2.31. The summed E-state index contributed by atoms with van der Waals surface area (Å²) in [5.41, 5.74) is 0. The molecule has 1 atom stereocenters. The van der Waals surface area contributed by atoms with Gasteiger partial charge < -0.3 is 10.0 Å². The van der Waals surface area contributed by atoms with Crippen LogP contribution in [0.4, 0.5) is 0 Å². The van der Waals surface area contributed by atoms with Gasteiger partial charge in [-0.1, -0.05) is 33.1 Å². The van der Waals surface area contributed by atoms with Crippen molar-refractivity contribution >= 4 is 5.97 Å². The van der Waals surface area contributed by atoms with E-state index in [-0.39, 0.29) is 5.92 Å². The Morgan fingerprint density at radius 3 is 2.41 bits per heavy atom. The van der Waals surface area contributed by atoms with E-state index in [0.29, 0.717) is 6.04 Å². The first-order chi connectivity index (χ1) is 8.19. The van der Waals surface area contributed by atoms with Crippen LogP contribution in [0.1, 0.15) is 58.8 Å². The molecule has 1 aliphatic rings. The number of piperidine rings is 1. The monoisotopic (exact) mass is 241 g/mol. The molecular weight excluding hydrogens is 214 g/mol. The fourth-order valence-electron chi connectivity index (χ4n) is 2.79. The van der Waals surface area contributed by atoms with Gasteiger partial charge in [-0.2, -0.15) is 0 Å². The van der Waals surface area contributed by atoms with Crippen molar-refractivity contribution in [1.82, 2.24) is 4.90 Å². The van der Waals surface area contributed by atoms with E-state index in [1.54, 1.807) is 0 Å². The van der Waals surface area contributed by atoms with Gasteiger partial charge in [0.1, 0.15) is 0 Å². The highest BCUT2D eigenvalue weighted by Gasteiger charge is 2.27. The highest BCUT2D eigenvalue weighted by molar-refractivity contribution is 5.70. The van der Waals surface area contributed by atoms with E-state index in [1.807, 2.05) is 0 Å². The van der Waals surface area contributed by atoms with Crippen LogP contribution in [0.25, 0.3) is 0 Å². The van der Waals surface area contributed by atoms with Crippen molar-refractivity contribution in [3.8, 4) is 0 Å². The third-order valence-electron chi connectivity index (χ3n) is 4.01. The lowest BCUT2D eigenvalue weighted by Gasteiger charge is -2.36. The number of rotatable bonds is 7. The molecule has 1 N–H and O–H groups in total. The van der Waals surface area contributed by atoms with Crippen LogP contribution in [-0.2, 0) is 4.79 Å². The predicted molar refractivity (Wildman–Crippen MR) is 70.2 cm³/mol. The number of hydrogen-bond donors (Lipinski definition) is 1. The zero-order valence-corrected chi connectivity index (χ0v) is 11.3. The number of hydrogen-bond acceptors (Lipinski definition) is 2. The van der Waals surface area contributed by atoms with Crippen molar-refractivity contribution in [1.29, 1.82) is 0 Å². The topological polar surface area (TPSA) is 40.5 Å². The lowest BCUT2D eigenvalue weighted by molar-refractivity contribution is -0.143. The minimum Gasteiger partial charge on any atom is -0.481 e. The minimum absolute atomic E-state index is 0.0978. The first-order valence-electron chi connectivity index (χ1n) is 7.15. The molecule has 0 radical (unpaired) electrons. The maximum Gasteiger partial charge on any atom is 0.306 e. The molecule has 3 heteroatoms. The smallest absolute Gasteiger partial charge is 0.306 e. The second kappa shape index (κ2) is 7.70. The molecule has 0 bridgehead atoms. The van der Waals surface area contributed by atoms with Crippen molar-refractivity contribution in [3.05, 3.63) is 0 Å². The van der Waals surface area contributed by atoms with E-state index >= 15 is 0 Å². The van der Waals surface area contributed by atoms with Crippen LogP contribution in [0.15, 0.2) is 0 Å². The first-order valence-corrected chi connectivity index (χ1v) is 7.15. The van der Waals surface area contributed by atoms with Gasteiger partial charge in [-0.25, -0.2) is 0 Å². The number of aliphatic carboxylic acids is 1. The van der Waals surface area contributed by atoms with E-state index in [4.69, 9.17) is 5.11 Å². The molecule has 0 aliphatic carbocycles. The molecule has 1 heterocycles. The molecule has 0 saturated carbocycles. The van der Waals surface area contributed by atoms with Crippen LogP contribution in [0.3, 0.4) is 0 Å². The zero-order chi connectivity index (χ0) is 12.7. The number of likely N-dealkylation sites (tertiary alicyclic amines) is 1. The van der Waals surface area contributed by atoms with Gasteiger partial charge >= 0.3 is 5.97 Å². The van der Waals surface area contributed by atoms with Crippen molar-refractivity contribution < 1.29 is 9.90 Å². The van der Waals surface area contributed by atoms with Gasteiger partial charge in [0.15, 0.2) is 0 Å². The fourth-order valence-corrected chi connectivity index (χ4v) is 2.79. The number of carbonyl (C=O) groups is 1. The standard InChI is InChI=1S/C14H27NO2/c1-3-5-6-7-13(4-2)15-10-8-12(9-11-15)14(16)17/h12-13H,3-11H2,1-2H3,(H,16,17). The van der Waals surface area contributed by atoms with Gasteiger partial charge in [-0.05, 0) is 38.8 Å². The molecule has 0 amide bonds. The summed E-state index contributed by atoms with van der Waals surface area (Å²) in [5, 5.41) is 8.98. The molecular formula is C14H27NO2. The van der Waals surface area contributed by atoms with Gasteiger partial charge in [0.25, 0.3) is 0 Å². The summed E-state index contributed by atoms with van der Waals surface area (Å²) in [5.74, 6) is -0.705. The Bertz CT molecular complexity index is 222. The van der Waals surface area contributed by atoms with Crippen molar-refractivity contribution in [2.45, 2.75) is 64.8 Å². The molecule has 1 unspecified atom stereocenters. The summed E-state index contributed by atoms with van der Waals surface area (Å²) >= 11 is 0. The van der Waals surface area contributed by atoms with Gasteiger partial charge in [0.05, 0.1) is 5.92 Å². The molecule has 17 heavy (non-hydrogen) atoms. The molecule has 1 rings (SSSR count). The normalized spacial score (nSPS) is 20.4. The van der Waals surface area contributed by atoms with Crippen molar-refractivity contribution in [3.63, 3.8) is 0 Å². The Labute approximate surface area is 105 Å². The highest BCUT2D eigenvalue weighted by Crippen LogP contribution is 2.22. The number of nitrogens with zero attached hydrogens (tertiary/aromatic N) is 1. The molecule has 1 saturated heterocycles. The maximum atomic E-state index is 10.9. The Hall–Kier alpha value is -0.570. The van der Waals surface area contributed by atoms with Gasteiger partial charge in [-0.15, -0.1) is 0 Å². The van der Waals surface area contributed by atoms with Crippen LogP contribution in [0, 0.1) is 5.92 Å². The summed E-state index contributed by atoms with van der Waals surface area (Å²) in [6.45, 7) is 6.43. The SMILES string of the molecule is CCCCCC(CC)N1CCC(C(=O)O)CC1. The van der Waals surface area contributed by atoms with E-state index < -0.39 is 5.97 Å². The minimum atomic E-state index is -0.608. The van der Waals surface area contributed by atoms with Crippen LogP contribution < -0.4 is 0 Å². The van der Waals surface area contributed by atoms with Crippen LogP contribution in [0.2, 0.25) is 0 Å². The van der Waals surface area contributed by atoms with E-state index in [9.17, 15) is 4.79 Å². The maximum absolute atomic E-state index is 10.9. The molecule has 1 fully saturated rings. The number of carboxylic acid groups (broad SMARTS) is 1. The van der Waals surface area contributed by atoms with Crippen LogP contribution >= 0.6 is 0 Å². The quantitative estimate of drug-likeness (QED) is 0.696. The second-order valence-electron chi connectivity index (χ2n) is 5.21. The Morgan fingerprint density at radius 1 is 1.29 bits per heavy atom. The average Bonchev–Trinajstić information content (AvgIpc) is 2.35. The lowest BCUT2D eigenvalue weighted by atomic mass is 9.94. The Morgan fingerprint density at radius 2 is 1.94 bits per heavy atom. The van der Waals surface area contributed by atoms with Crippen LogP contribution in [0.5, 0.6) is 0 Å². The molecule has 3 nitrogen and oxygen atoms in total. The second-order valence-corrected chi connectivity index (χ2v) is 5.21. The van der Waals surface area contributed by atoms with Crippen molar-refractivity contribution in [2.24, 2.45) is 5.92 Å². The zero-order valence-electron chi connectivity index (χ0n) is 11.3. The van der Waals surface area contributed by atoms with Gasteiger partial charge in [0, 0.05) is 6.04 Å². The average molecular weight is 241 g/mol. The summed E-state index contributed by atoms with van der Waals surface area (Å²) < 4.78 is 0. The third-order valence-corrected chi connectivity index (χ3v) is 4.01. The molecule has 1 aliphatic heterocycles. The third kappa shape index (κ3) is 4.66. The predicted octanol–water partition coefficient (Wildman–Crippen LogP) is 3.14. The van der Waals surface area contributed by atoms with Crippen molar-refractivity contribution in [2.75, 3.05) is 13.1 Å². The lowest BCUT2D eigenvalue weighted by Crippen LogP contribution is -2.42. The first kappa shape index (κ1) is 14.5. The van der Waals surface area contributed by atoms with E-state index in [2.05, 4.69) is 18.7 Å². The largest absolute Gasteiger partial charge is 0.481 e. The van der Waals surface area contributed by atoms with Gasteiger partial charge in [-0.3, -0.25) is 4.79 Å². The van der Waals surface area contributed by atoms with Gasteiger partial charge in [0.2, 0.25) is 0 Å². The summed E-state index contributed by atoms with van der Waals surface area (Å²) in [7, 11) is 0. The molecule has 0 aromatic carbocycles. The highest BCUT2D eigenvalue weighted by atomic mass is 16.4.